The van der Waals surface area contributed by atoms with Gasteiger partial charge in [-0.25, -0.2) is 0 Å². The summed E-state index contributed by atoms with van der Waals surface area (Å²) in [6, 6.07) is 0. The largest absolute Gasteiger partial charge is 2.00 e. The fraction of sp³-hybridized carbons (Fsp3) is 1.00. The van der Waals surface area contributed by atoms with Crippen LogP contribution < -0.4 is 0 Å². The van der Waals surface area contributed by atoms with Crippen molar-refractivity contribution in [3.63, 3.8) is 0 Å². The summed E-state index contributed by atoms with van der Waals surface area (Å²) >= 11 is 0. The Bertz CT molecular complexity index is 183. The van der Waals surface area contributed by atoms with Crippen LogP contribution in [0.15, 0.2) is 0 Å². The van der Waals surface area contributed by atoms with Crippen LogP contribution in [0.4, 0.5) is 0 Å². The van der Waals surface area contributed by atoms with Crippen LogP contribution >= 0.6 is 15.2 Å². The van der Waals surface area contributed by atoms with Crippen molar-refractivity contribution in [3.8, 4) is 0 Å². The van der Waals surface area contributed by atoms with Gasteiger partial charge in [0.05, 0.1) is 12.3 Å². The van der Waals surface area contributed by atoms with Gasteiger partial charge in [0.15, 0.2) is 0 Å². The van der Waals surface area contributed by atoms with Gasteiger partial charge >= 0.3 is 34.7 Å². The average molecular weight is 269 g/mol. The molecule has 0 aromatic rings. The topological polar surface area (TPSA) is 115 Å². The Balaban J connectivity index is 0. The molecule has 0 saturated carbocycles. The molecule has 0 aliphatic carbocycles. The van der Waals surface area contributed by atoms with Gasteiger partial charge in [-0.2, -0.15) is 0 Å². The second kappa shape index (κ2) is 5.61. The summed E-state index contributed by atoms with van der Waals surface area (Å²) in [6.45, 7) is 0. The Morgan fingerprint density at radius 1 is 0.833 bits per heavy atom. The number of rotatable bonds is 4. The third kappa shape index (κ3) is 13.5. The first-order valence-corrected chi connectivity index (χ1v) is 6.39. The molecule has 0 aliphatic heterocycles. The van der Waals surface area contributed by atoms with E-state index in [0.717, 1.165) is 0 Å². The van der Waals surface area contributed by atoms with Gasteiger partial charge in [-0.3, -0.25) is 9.13 Å². The van der Waals surface area contributed by atoms with E-state index < -0.39 is 27.5 Å². The Labute approximate surface area is 82.5 Å². The second-order valence-corrected chi connectivity index (χ2v) is 5.68. The average Bonchev–Trinajstić information content (AvgIpc) is 1.55. The quantitative estimate of drug-likeness (QED) is 0.412. The molecule has 0 amide bonds. The van der Waals surface area contributed by atoms with Crippen molar-refractivity contribution >= 4 is 15.2 Å². The van der Waals surface area contributed by atoms with Gasteiger partial charge in [0.25, 0.3) is 0 Å². The van der Waals surface area contributed by atoms with Crippen LogP contribution in [0.2, 0.25) is 0 Å². The molecule has 0 aromatic carbocycles. The minimum atomic E-state index is -4.10. The van der Waals surface area contributed by atoms with Gasteiger partial charge in [0.2, 0.25) is 0 Å². The van der Waals surface area contributed by atoms with Gasteiger partial charge in [0.1, 0.15) is 0 Å². The molecule has 0 saturated heterocycles. The summed E-state index contributed by atoms with van der Waals surface area (Å²) in [6.07, 6.45) is -1.11. The smallest absolute Gasteiger partial charge is 0.324 e. The maximum absolute atomic E-state index is 10.2. The van der Waals surface area contributed by atoms with Crippen molar-refractivity contribution < 1.29 is 48.2 Å². The Morgan fingerprint density at radius 3 is 1.25 bits per heavy atom. The molecule has 0 radical (unpaired) electrons. The van der Waals surface area contributed by atoms with Gasteiger partial charge in [-0.05, 0) is 6.42 Å². The van der Waals surface area contributed by atoms with Crippen molar-refractivity contribution in [2.75, 3.05) is 12.3 Å². The Morgan fingerprint density at radius 2 is 1.08 bits per heavy atom. The summed E-state index contributed by atoms with van der Waals surface area (Å²) < 4.78 is 20.3. The molecule has 68 valence electrons. The van der Waals surface area contributed by atoms with Crippen LogP contribution in [-0.4, -0.2) is 31.9 Å². The summed E-state index contributed by atoms with van der Waals surface area (Å²) in [5, 5.41) is 0. The van der Waals surface area contributed by atoms with Crippen LogP contribution in [0.3, 0.4) is 0 Å². The molecule has 0 unspecified atom stereocenters. The summed E-state index contributed by atoms with van der Waals surface area (Å²) in [7, 11) is -8.19. The summed E-state index contributed by atoms with van der Waals surface area (Å²) in [5.74, 6) is 0. The molecule has 0 heterocycles. The van der Waals surface area contributed by atoms with E-state index in [2.05, 4.69) is 0 Å². The van der Waals surface area contributed by atoms with Gasteiger partial charge in [-0.1, -0.05) is 0 Å². The molecule has 0 bridgehead atoms. The molecule has 0 rings (SSSR count). The molecule has 6 nitrogen and oxygen atoms in total. The van der Waals surface area contributed by atoms with Crippen LogP contribution in [0, 0.1) is 0 Å². The van der Waals surface area contributed by atoms with Crippen molar-refractivity contribution in [1.82, 2.24) is 0 Å². The van der Waals surface area contributed by atoms with E-state index in [-0.39, 0.29) is 25.9 Å². The van der Waals surface area contributed by atoms with Crippen LogP contribution in [-0.2, 0) is 28.6 Å². The predicted molar refractivity (Wildman–Crippen MR) is 38.4 cm³/mol. The zero-order valence-electron chi connectivity index (χ0n) is 6.33. The number of hydrogen-bond acceptors (Lipinski definition) is 2. The van der Waals surface area contributed by atoms with E-state index in [9.17, 15) is 9.13 Å². The zero-order valence-corrected chi connectivity index (χ0v) is 11.1. The molecule has 4 N–H and O–H groups in total. The molecule has 0 aliphatic rings. The third-order valence-corrected chi connectivity index (χ3v) is 2.70. The fourth-order valence-electron chi connectivity index (χ4n) is 0.483. The zero-order chi connectivity index (χ0) is 9.12. The van der Waals surface area contributed by atoms with Crippen molar-refractivity contribution in [1.29, 1.82) is 0 Å². The monoisotopic (exact) mass is 268 g/mol. The second-order valence-electron chi connectivity index (χ2n) is 2.13. The van der Waals surface area contributed by atoms with Crippen molar-refractivity contribution in [3.05, 3.63) is 0 Å². The molecular formula is C3H10O6P2Zn+2. The first kappa shape index (κ1) is 15.4. The first-order valence-electron chi connectivity index (χ1n) is 2.80. The van der Waals surface area contributed by atoms with Gasteiger partial charge < -0.3 is 19.6 Å². The molecule has 0 aromatic heterocycles. The molecule has 9 heteroatoms. The normalized spacial score (nSPS) is 12.3. The fourth-order valence-corrected chi connectivity index (χ4v) is 1.87. The van der Waals surface area contributed by atoms with E-state index in [4.69, 9.17) is 19.6 Å². The van der Waals surface area contributed by atoms with E-state index in [0.29, 0.717) is 0 Å². The summed E-state index contributed by atoms with van der Waals surface area (Å²) in [4.78, 5) is 33.1. The van der Waals surface area contributed by atoms with E-state index >= 15 is 0 Å². The first-order chi connectivity index (χ1) is 4.71. The standard InChI is InChI=1S/C3H10O6P2.Zn/c4-10(5,6)2-1-3-11(7,8)9;/h1-3H2,(H2,4,5,6)(H2,7,8,9);/q;+2. The SMILES string of the molecule is O=P(O)(O)CCCP(=O)(O)O.[Zn+2]. The van der Waals surface area contributed by atoms with E-state index in [1.54, 1.807) is 0 Å². The van der Waals surface area contributed by atoms with Crippen molar-refractivity contribution in [2.45, 2.75) is 6.42 Å². The van der Waals surface area contributed by atoms with Crippen LogP contribution in [0.25, 0.3) is 0 Å². The van der Waals surface area contributed by atoms with Crippen LogP contribution in [0.5, 0.6) is 0 Å². The van der Waals surface area contributed by atoms with Gasteiger partial charge in [0, 0.05) is 0 Å². The Hall–Kier alpha value is 0.923. The third-order valence-electron chi connectivity index (χ3n) is 0.899. The van der Waals surface area contributed by atoms with Gasteiger partial charge in [-0.15, -0.1) is 0 Å². The van der Waals surface area contributed by atoms with E-state index in [1.807, 2.05) is 0 Å². The van der Waals surface area contributed by atoms with E-state index in [1.165, 1.54) is 0 Å². The minimum Gasteiger partial charge on any atom is -0.324 e. The maximum atomic E-state index is 10.2. The predicted octanol–water partition coefficient (Wildman–Crippen LogP) is -0.271. The van der Waals surface area contributed by atoms with Crippen LogP contribution in [0.1, 0.15) is 6.42 Å². The maximum Gasteiger partial charge on any atom is 2.00 e. The number of hydrogen-bond donors (Lipinski definition) is 4. The molecule has 0 fully saturated rings. The molecule has 0 spiro atoms. The molecular weight excluding hydrogens is 259 g/mol. The van der Waals surface area contributed by atoms with Crippen molar-refractivity contribution in [2.24, 2.45) is 0 Å². The molecule has 0 atom stereocenters. The Kier molecular flexibility index (Phi) is 7.20. The summed E-state index contributed by atoms with van der Waals surface area (Å²) in [5.41, 5.74) is 0. The molecule has 12 heavy (non-hydrogen) atoms. The minimum absolute atomic E-state index is 0.